The molecule has 0 unspecified atom stereocenters. The second-order valence-corrected chi connectivity index (χ2v) is 3.63. The van der Waals surface area contributed by atoms with E-state index in [4.69, 9.17) is 5.11 Å². The van der Waals surface area contributed by atoms with E-state index in [0.29, 0.717) is 0 Å². The molecule has 0 radical (unpaired) electrons. The molecule has 1 rings (SSSR count). The molecule has 1 amide bonds. The van der Waals surface area contributed by atoms with Crippen LogP contribution in [0.4, 0.5) is 10.1 Å². The lowest BCUT2D eigenvalue weighted by molar-refractivity contribution is -0.387. The zero-order valence-electron chi connectivity index (χ0n) is 10.2. The van der Waals surface area contributed by atoms with Gasteiger partial charge in [0, 0.05) is 18.2 Å². The van der Waals surface area contributed by atoms with Crippen LogP contribution >= 0.6 is 0 Å². The van der Waals surface area contributed by atoms with Crippen molar-refractivity contribution in [3.8, 4) is 0 Å². The molecule has 1 aromatic rings. The molecule has 0 fully saturated rings. The summed E-state index contributed by atoms with van der Waals surface area (Å²) in [4.78, 5) is 31.3. The molecule has 108 valence electrons. The van der Waals surface area contributed by atoms with Gasteiger partial charge in [-0.05, 0) is 12.1 Å². The molecule has 0 saturated heterocycles. The SMILES string of the molecule is O=C(O)COCCNC(=O)c1ccc(F)c([N+](=O)[O-])c1. The van der Waals surface area contributed by atoms with Gasteiger partial charge in [0.1, 0.15) is 6.61 Å². The van der Waals surface area contributed by atoms with Crippen LogP contribution in [-0.2, 0) is 9.53 Å². The van der Waals surface area contributed by atoms with Crippen molar-refractivity contribution in [3.05, 3.63) is 39.7 Å². The second-order valence-electron chi connectivity index (χ2n) is 3.63. The Bertz CT molecular complexity index is 534. The Morgan fingerprint density at radius 1 is 1.45 bits per heavy atom. The summed E-state index contributed by atoms with van der Waals surface area (Å²) < 4.78 is 17.7. The third-order valence-electron chi connectivity index (χ3n) is 2.16. The zero-order valence-corrected chi connectivity index (χ0v) is 10.2. The third-order valence-corrected chi connectivity index (χ3v) is 2.16. The summed E-state index contributed by atoms with van der Waals surface area (Å²) in [6.07, 6.45) is 0. The Morgan fingerprint density at radius 3 is 2.75 bits per heavy atom. The number of amides is 1. The standard InChI is InChI=1S/C11H11FN2O6/c12-8-2-1-7(5-9(8)14(18)19)11(17)13-3-4-20-6-10(15)16/h1-2,5H,3-4,6H2,(H,13,17)(H,15,16). The molecule has 0 heterocycles. The lowest BCUT2D eigenvalue weighted by atomic mass is 10.2. The van der Waals surface area contributed by atoms with Crippen LogP contribution in [0, 0.1) is 15.9 Å². The number of nitrogens with one attached hydrogen (secondary N) is 1. The average Bonchev–Trinajstić information content (AvgIpc) is 2.37. The topological polar surface area (TPSA) is 119 Å². The minimum atomic E-state index is -1.13. The van der Waals surface area contributed by atoms with E-state index in [-0.39, 0.29) is 18.7 Å². The van der Waals surface area contributed by atoms with Crippen LogP contribution in [0.1, 0.15) is 10.4 Å². The Kier molecular flexibility index (Phi) is 5.54. The maximum atomic E-state index is 13.1. The van der Waals surface area contributed by atoms with E-state index in [1.807, 2.05) is 0 Å². The number of nitro groups is 1. The summed E-state index contributed by atoms with van der Waals surface area (Å²) in [5, 5.41) is 21.2. The molecular weight excluding hydrogens is 275 g/mol. The van der Waals surface area contributed by atoms with Gasteiger partial charge in [-0.3, -0.25) is 14.9 Å². The predicted molar refractivity (Wildman–Crippen MR) is 63.8 cm³/mol. The van der Waals surface area contributed by atoms with Crippen molar-refractivity contribution >= 4 is 17.6 Å². The van der Waals surface area contributed by atoms with Gasteiger partial charge in [0.25, 0.3) is 5.91 Å². The van der Waals surface area contributed by atoms with Crippen molar-refractivity contribution in [2.45, 2.75) is 0 Å². The number of nitro benzene ring substituents is 1. The highest BCUT2D eigenvalue weighted by molar-refractivity contribution is 5.94. The summed E-state index contributed by atoms with van der Waals surface area (Å²) in [5.41, 5.74) is -0.865. The molecule has 8 nitrogen and oxygen atoms in total. The van der Waals surface area contributed by atoms with Crippen molar-refractivity contribution in [1.29, 1.82) is 0 Å². The molecule has 9 heteroatoms. The smallest absolute Gasteiger partial charge is 0.329 e. The minimum absolute atomic E-state index is 0.0251. The van der Waals surface area contributed by atoms with Gasteiger partial charge in [-0.2, -0.15) is 4.39 Å². The molecule has 2 N–H and O–H groups in total. The van der Waals surface area contributed by atoms with Crippen molar-refractivity contribution in [3.63, 3.8) is 0 Å². The number of halogens is 1. The molecule has 20 heavy (non-hydrogen) atoms. The predicted octanol–water partition coefficient (Wildman–Crippen LogP) is 0.565. The molecule has 0 aromatic heterocycles. The zero-order chi connectivity index (χ0) is 15.1. The largest absolute Gasteiger partial charge is 0.480 e. The van der Waals surface area contributed by atoms with Gasteiger partial charge in [-0.1, -0.05) is 0 Å². The van der Waals surface area contributed by atoms with Crippen LogP contribution in [0.5, 0.6) is 0 Å². The molecule has 0 aliphatic carbocycles. The molecule has 0 aliphatic heterocycles. The van der Waals surface area contributed by atoms with E-state index in [0.717, 1.165) is 18.2 Å². The lowest BCUT2D eigenvalue weighted by Crippen LogP contribution is -2.28. The number of rotatable bonds is 7. The van der Waals surface area contributed by atoms with Crippen LogP contribution in [0.3, 0.4) is 0 Å². The van der Waals surface area contributed by atoms with E-state index >= 15 is 0 Å². The Balaban J connectivity index is 2.53. The molecule has 1 aromatic carbocycles. The fourth-order valence-electron chi connectivity index (χ4n) is 1.29. The maximum Gasteiger partial charge on any atom is 0.329 e. The van der Waals surface area contributed by atoms with Crippen LogP contribution in [0.2, 0.25) is 0 Å². The first-order chi connectivity index (χ1) is 9.41. The van der Waals surface area contributed by atoms with Crippen molar-refractivity contribution in [1.82, 2.24) is 5.32 Å². The fourth-order valence-corrected chi connectivity index (χ4v) is 1.29. The van der Waals surface area contributed by atoms with E-state index in [1.54, 1.807) is 0 Å². The summed E-state index contributed by atoms with van der Waals surface area (Å²) in [6, 6.07) is 2.76. The first-order valence-electron chi connectivity index (χ1n) is 5.43. The van der Waals surface area contributed by atoms with E-state index in [1.165, 1.54) is 0 Å². The van der Waals surface area contributed by atoms with E-state index in [2.05, 4.69) is 10.1 Å². The van der Waals surface area contributed by atoms with E-state index < -0.39 is 34.9 Å². The van der Waals surface area contributed by atoms with Gasteiger partial charge < -0.3 is 15.2 Å². The molecule has 0 spiro atoms. The number of nitrogens with zero attached hydrogens (tertiary/aromatic N) is 1. The Morgan fingerprint density at radius 2 is 2.15 bits per heavy atom. The first kappa shape index (κ1) is 15.5. The van der Waals surface area contributed by atoms with Gasteiger partial charge in [0.15, 0.2) is 0 Å². The average molecular weight is 286 g/mol. The number of ether oxygens (including phenoxy) is 1. The Labute approximate surface area is 112 Å². The highest BCUT2D eigenvalue weighted by Gasteiger charge is 2.17. The third kappa shape index (κ3) is 4.61. The van der Waals surface area contributed by atoms with Gasteiger partial charge >= 0.3 is 11.7 Å². The highest BCUT2D eigenvalue weighted by Crippen LogP contribution is 2.18. The van der Waals surface area contributed by atoms with Crippen molar-refractivity contribution in [2.24, 2.45) is 0 Å². The molecule has 0 atom stereocenters. The maximum absolute atomic E-state index is 13.1. The summed E-state index contributed by atoms with van der Waals surface area (Å²) >= 11 is 0. The second kappa shape index (κ2) is 7.14. The van der Waals surface area contributed by atoms with Gasteiger partial charge in [0.05, 0.1) is 11.5 Å². The number of carbonyl (C=O) groups excluding carboxylic acids is 1. The first-order valence-corrected chi connectivity index (χ1v) is 5.43. The van der Waals surface area contributed by atoms with Crippen LogP contribution in [0.15, 0.2) is 18.2 Å². The van der Waals surface area contributed by atoms with Crippen LogP contribution in [0.25, 0.3) is 0 Å². The quantitative estimate of drug-likeness (QED) is 0.429. The minimum Gasteiger partial charge on any atom is -0.480 e. The van der Waals surface area contributed by atoms with Crippen LogP contribution in [-0.4, -0.2) is 41.7 Å². The number of hydrogen-bond acceptors (Lipinski definition) is 5. The molecule has 0 bridgehead atoms. The monoisotopic (exact) mass is 286 g/mol. The van der Waals surface area contributed by atoms with Gasteiger partial charge in [-0.25, -0.2) is 4.79 Å². The number of benzene rings is 1. The van der Waals surface area contributed by atoms with Crippen molar-refractivity contribution < 1.29 is 28.7 Å². The molecule has 0 aliphatic rings. The molecular formula is C11H11FN2O6. The number of carbonyl (C=O) groups is 2. The Hall–Kier alpha value is -2.55. The molecule has 0 saturated carbocycles. The number of carboxylic acids is 1. The van der Waals surface area contributed by atoms with Crippen molar-refractivity contribution in [2.75, 3.05) is 19.8 Å². The fraction of sp³-hybridized carbons (Fsp3) is 0.273. The number of carboxylic acid groups (broad SMARTS) is 1. The number of hydrogen-bond donors (Lipinski definition) is 2. The van der Waals surface area contributed by atoms with E-state index in [9.17, 15) is 24.1 Å². The highest BCUT2D eigenvalue weighted by atomic mass is 19.1. The summed E-state index contributed by atoms with van der Waals surface area (Å²) in [6.45, 7) is -0.490. The number of aliphatic carboxylic acids is 1. The summed E-state index contributed by atoms with van der Waals surface area (Å²) in [7, 11) is 0. The lowest BCUT2D eigenvalue weighted by Gasteiger charge is -2.05. The summed E-state index contributed by atoms with van der Waals surface area (Å²) in [5.74, 6) is -2.81. The van der Waals surface area contributed by atoms with Gasteiger partial charge in [0.2, 0.25) is 5.82 Å². The van der Waals surface area contributed by atoms with Crippen LogP contribution < -0.4 is 5.32 Å². The normalized spacial score (nSPS) is 10.1. The van der Waals surface area contributed by atoms with Gasteiger partial charge in [-0.15, -0.1) is 0 Å².